The molecule has 3 aromatic rings. The van der Waals surface area contributed by atoms with Gasteiger partial charge in [0.25, 0.3) is 20.2 Å². The smallest absolute Gasteiger partial charge is 0.266 e. The van der Waals surface area contributed by atoms with Crippen molar-refractivity contribution < 1.29 is 29.6 Å². The second-order valence-corrected chi connectivity index (χ2v) is 10.6. The van der Waals surface area contributed by atoms with E-state index >= 15 is 0 Å². The summed E-state index contributed by atoms with van der Waals surface area (Å²) in [4.78, 5) is -0.104. The van der Waals surface area contributed by atoms with Crippen molar-refractivity contribution in [1.82, 2.24) is 0 Å². The van der Waals surface area contributed by atoms with E-state index in [0.29, 0.717) is 0 Å². The largest absolute Gasteiger partial charge is 0.296 e. The third kappa shape index (κ3) is 6.01. The van der Waals surface area contributed by atoms with Crippen LogP contribution in [-0.4, -0.2) is 30.0 Å². The van der Waals surface area contributed by atoms with Crippen LogP contribution in [0.5, 0.6) is 0 Å². The van der Waals surface area contributed by atoms with Crippen LogP contribution in [0.15, 0.2) is 82.6 Å². The standard InChI is InChI=1S/C23H23FO6S2/c1-17-7-11-20(12-8-17)31(25,26)29-15-19(22-5-3-4-6-23(22)24)16-30-32(27,28)21-13-9-18(2)10-14-21/h3-14,19H,15-16H2,1-2H3. The van der Waals surface area contributed by atoms with E-state index in [2.05, 4.69) is 0 Å². The fourth-order valence-electron chi connectivity index (χ4n) is 2.92. The van der Waals surface area contributed by atoms with Gasteiger partial charge in [0, 0.05) is 5.92 Å². The van der Waals surface area contributed by atoms with Gasteiger partial charge >= 0.3 is 0 Å². The monoisotopic (exact) mass is 478 g/mol. The number of rotatable bonds is 9. The van der Waals surface area contributed by atoms with Crippen LogP contribution in [0, 0.1) is 19.7 Å². The summed E-state index contributed by atoms with van der Waals surface area (Å²) in [6, 6.07) is 17.8. The molecule has 0 aliphatic carbocycles. The molecule has 0 fully saturated rings. The maximum absolute atomic E-state index is 14.4. The van der Waals surface area contributed by atoms with Crippen molar-refractivity contribution in [2.45, 2.75) is 29.6 Å². The molecule has 9 heteroatoms. The second kappa shape index (κ2) is 9.91. The Balaban J connectivity index is 1.81. The Bertz CT molecular complexity index is 1190. The summed E-state index contributed by atoms with van der Waals surface area (Å²) in [5, 5.41) is 0. The topological polar surface area (TPSA) is 86.7 Å². The molecule has 0 radical (unpaired) electrons. The Kier molecular flexibility index (Phi) is 7.45. The van der Waals surface area contributed by atoms with Crippen LogP contribution in [0.1, 0.15) is 22.6 Å². The summed E-state index contributed by atoms with van der Waals surface area (Å²) < 4.78 is 74.9. The van der Waals surface area contributed by atoms with Crippen LogP contribution in [-0.2, 0) is 28.6 Å². The quantitative estimate of drug-likeness (QED) is 0.425. The SMILES string of the molecule is Cc1ccc(S(=O)(=O)OCC(COS(=O)(=O)c2ccc(C)cc2)c2ccccc2F)cc1. The van der Waals surface area contributed by atoms with Crippen molar-refractivity contribution in [2.24, 2.45) is 0 Å². The molecule has 0 spiro atoms. The molecule has 0 atom stereocenters. The van der Waals surface area contributed by atoms with Crippen molar-refractivity contribution in [3.05, 3.63) is 95.3 Å². The van der Waals surface area contributed by atoms with Gasteiger partial charge in [-0.25, -0.2) is 4.39 Å². The fourth-order valence-corrected chi connectivity index (χ4v) is 4.82. The zero-order valence-electron chi connectivity index (χ0n) is 17.6. The predicted molar refractivity (Wildman–Crippen MR) is 118 cm³/mol. The van der Waals surface area contributed by atoms with Crippen LogP contribution >= 0.6 is 0 Å². The first-order valence-electron chi connectivity index (χ1n) is 9.75. The molecule has 0 aliphatic rings. The molecule has 0 saturated carbocycles. The number of halogens is 1. The second-order valence-electron chi connectivity index (χ2n) is 7.32. The first kappa shape index (κ1) is 24.1. The number of aryl methyl sites for hydroxylation is 2. The summed E-state index contributed by atoms with van der Waals surface area (Å²) in [6.07, 6.45) is 0. The van der Waals surface area contributed by atoms with E-state index < -0.39 is 45.2 Å². The lowest BCUT2D eigenvalue weighted by atomic mass is 10.0. The van der Waals surface area contributed by atoms with Gasteiger partial charge in [0.1, 0.15) is 5.82 Å². The van der Waals surface area contributed by atoms with Gasteiger partial charge in [0.15, 0.2) is 0 Å². The van der Waals surface area contributed by atoms with Crippen molar-refractivity contribution in [1.29, 1.82) is 0 Å². The van der Waals surface area contributed by atoms with Crippen LogP contribution < -0.4 is 0 Å². The highest BCUT2D eigenvalue weighted by molar-refractivity contribution is 7.87. The maximum atomic E-state index is 14.4. The van der Waals surface area contributed by atoms with E-state index in [0.717, 1.165) is 11.1 Å². The molecule has 170 valence electrons. The molecule has 0 bridgehead atoms. The molecule has 3 aromatic carbocycles. The molecule has 0 unspecified atom stereocenters. The van der Waals surface area contributed by atoms with Crippen LogP contribution in [0.25, 0.3) is 0 Å². The molecular formula is C23H23FO6S2. The molecular weight excluding hydrogens is 455 g/mol. The highest BCUT2D eigenvalue weighted by atomic mass is 32.2. The Morgan fingerprint density at radius 1 is 0.688 bits per heavy atom. The first-order valence-corrected chi connectivity index (χ1v) is 12.6. The Morgan fingerprint density at radius 3 is 1.50 bits per heavy atom. The molecule has 0 saturated heterocycles. The minimum Gasteiger partial charge on any atom is -0.266 e. The normalized spacial score (nSPS) is 12.2. The summed E-state index contributed by atoms with van der Waals surface area (Å²) in [5.74, 6) is -1.61. The third-order valence-corrected chi connectivity index (χ3v) is 7.40. The van der Waals surface area contributed by atoms with E-state index in [1.807, 2.05) is 13.8 Å². The average molecular weight is 479 g/mol. The van der Waals surface area contributed by atoms with Crippen molar-refractivity contribution in [3.8, 4) is 0 Å². The Labute approximate surface area is 187 Å². The van der Waals surface area contributed by atoms with Crippen LogP contribution in [0.3, 0.4) is 0 Å². The van der Waals surface area contributed by atoms with Crippen LogP contribution in [0.2, 0.25) is 0 Å². The minimum absolute atomic E-state index is 0.0522. The molecule has 32 heavy (non-hydrogen) atoms. The molecule has 0 N–H and O–H groups in total. The number of hydrogen-bond acceptors (Lipinski definition) is 6. The van der Waals surface area contributed by atoms with Gasteiger partial charge in [-0.2, -0.15) is 16.8 Å². The summed E-state index contributed by atoms with van der Waals surface area (Å²) in [7, 11) is -8.26. The van der Waals surface area contributed by atoms with Crippen LogP contribution in [0.4, 0.5) is 4.39 Å². The lowest BCUT2D eigenvalue weighted by Gasteiger charge is -2.18. The first-order chi connectivity index (χ1) is 15.1. The lowest BCUT2D eigenvalue weighted by molar-refractivity contribution is 0.223. The highest BCUT2D eigenvalue weighted by Gasteiger charge is 2.25. The molecule has 3 rings (SSSR count). The van der Waals surface area contributed by atoms with E-state index in [4.69, 9.17) is 8.37 Å². The van der Waals surface area contributed by atoms with E-state index in [1.54, 1.807) is 30.3 Å². The van der Waals surface area contributed by atoms with Gasteiger partial charge in [0.2, 0.25) is 0 Å². The molecule has 0 amide bonds. The fraction of sp³-hybridized carbons (Fsp3) is 0.217. The van der Waals surface area contributed by atoms with Gasteiger partial charge < -0.3 is 0 Å². The molecule has 0 aromatic heterocycles. The Morgan fingerprint density at radius 2 is 1.09 bits per heavy atom. The molecule has 6 nitrogen and oxygen atoms in total. The summed E-state index contributed by atoms with van der Waals surface area (Å²) in [6.45, 7) is 2.63. The predicted octanol–water partition coefficient (Wildman–Crippen LogP) is 4.34. The molecule has 0 aliphatic heterocycles. The summed E-state index contributed by atoms with van der Waals surface area (Å²) >= 11 is 0. The number of benzene rings is 3. The van der Waals surface area contributed by atoms with Gasteiger partial charge in [-0.15, -0.1) is 0 Å². The Hall–Kier alpha value is -2.59. The minimum atomic E-state index is -4.13. The molecule has 0 heterocycles. The number of hydrogen-bond donors (Lipinski definition) is 0. The maximum Gasteiger partial charge on any atom is 0.296 e. The zero-order valence-corrected chi connectivity index (χ0v) is 19.2. The highest BCUT2D eigenvalue weighted by Crippen LogP contribution is 2.25. The van der Waals surface area contributed by atoms with Gasteiger partial charge in [-0.05, 0) is 49.7 Å². The van der Waals surface area contributed by atoms with Gasteiger partial charge in [-0.1, -0.05) is 53.6 Å². The van der Waals surface area contributed by atoms with Crippen molar-refractivity contribution in [3.63, 3.8) is 0 Å². The third-order valence-electron chi connectivity index (χ3n) is 4.81. The zero-order chi connectivity index (χ0) is 23.4. The van der Waals surface area contributed by atoms with Gasteiger partial charge in [0.05, 0.1) is 23.0 Å². The van der Waals surface area contributed by atoms with Gasteiger partial charge in [-0.3, -0.25) is 8.37 Å². The van der Waals surface area contributed by atoms with E-state index in [9.17, 15) is 21.2 Å². The summed E-state index contributed by atoms with van der Waals surface area (Å²) in [5.41, 5.74) is 1.84. The van der Waals surface area contributed by atoms with E-state index in [-0.39, 0.29) is 15.4 Å². The van der Waals surface area contributed by atoms with Crippen molar-refractivity contribution in [2.75, 3.05) is 13.2 Å². The average Bonchev–Trinajstić information content (AvgIpc) is 2.75. The lowest BCUT2D eigenvalue weighted by Crippen LogP contribution is -2.21. The van der Waals surface area contributed by atoms with E-state index in [1.165, 1.54) is 42.5 Å². The van der Waals surface area contributed by atoms with Crippen molar-refractivity contribution >= 4 is 20.2 Å².